The first-order valence-corrected chi connectivity index (χ1v) is 30.5. The second kappa shape index (κ2) is 10.0. The summed E-state index contributed by atoms with van der Waals surface area (Å²) in [6.45, 7) is 4.70. The van der Waals surface area contributed by atoms with E-state index >= 15 is 0 Å². The van der Waals surface area contributed by atoms with Gasteiger partial charge in [0.2, 0.25) is 0 Å². The second-order valence-electron chi connectivity index (χ2n) is 10.4. The van der Waals surface area contributed by atoms with E-state index in [1.807, 2.05) is 24.5 Å². The van der Waals surface area contributed by atoms with Crippen molar-refractivity contribution in [2.24, 2.45) is 0 Å². The molecule has 2 aliphatic rings. The van der Waals surface area contributed by atoms with Crippen molar-refractivity contribution in [1.82, 2.24) is 9.97 Å². The molecule has 6 rings (SSSR count). The average Bonchev–Trinajstić information content (AvgIpc) is 3.49. The quantitative estimate of drug-likeness (QED) is 0.189. The predicted octanol–water partition coefficient (Wildman–Crippen LogP) is 9.87. The third-order valence-corrected chi connectivity index (χ3v) is 60.6. The van der Waals surface area contributed by atoms with E-state index in [1.165, 1.54) is 22.3 Å². The van der Waals surface area contributed by atoms with Crippen LogP contribution in [0.4, 0.5) is 0 Å². The van der Waals surface area contributed by atoms with Crippen molar-refractivity contribution in [3.05, 3.63) is 128 Å². The SMILES string of the molecule is C[SiH](C)[Zr]([Cl])([Cl])([CH]1C(c2cc(Br)ccn2)=Cc2ccccc21)[CH]1C(c2cc(Br)ccn2)=Cc2ccccc21. The van der Waals surface area contributed by atoms with Crippen molar-refractivity contribution in [1.29, 1.82) is 0 Å². The van der Waals surface area contributed by atoms with E-state index in [4.69, 9.17) is 27.0 Å². The topological polar surface area (TPSA) is 25.8 Å². The molecular weight excluding hydrogens is 738 g/mol. The summed E-state index contributed by atoms with van der Waals surface area (Å²) in [5.74, 6) is -1.71. The Morgan fingerprint density at radius 3 is 1.50 bits per heavy atom. The summed E-state index contributed by atoms with van der Waals surface area (Å²) in [5.41, 5.74) is 8.94. The minimum absolute atomic E-state index is 0.0869. The van der Waals surface area contributed by atoms with Gasteiger partial charge in [-0.2, -0.15) is 0 Å². The van der Waals surface area contributed by atoms with Crippen molar-refractivity contribution in [3.63, 3.8) is 0 Å². The van der Waals surface area contributed by atoms with Gasteiger partial charge in [-0.15, -0.1) is 0 Å². The van der Waals surface area contributed by atoms with Gasteiger partial charge in [0.1, 0.15) is 0 Å². The van der Waals surface area contributed by atoms with E-state index in [9.17, 15) is 0 Å². The molecule has 4 aromatic rings. The summed E-state index contributed by atoms with van der Waals surface area (Å²) in [5, 5.41) is 0. The van der Waals surface area contributed by atoms with Crippen molar-refractivity contribution in [2.75, 3.05) is 0 Å². The van der Waals surface area contributed by atoms with E-state index in [2.05, 4.69) is 118 Å². The molecule has 0 N–H and O–H groups in total. The van der Waals surface area contributed by atoms with Gasteiger partial charge < -0.3 is 0 Å². The third kappa shape index (κ3) is 4.26. The normalized spacial score (nSPS) is 19.4. The molecule has 0 saturated carbocycles. The zero-order valence-electron chi connectivity index (χ0n) is 20.9. The van der Waals surface area contributed by atoms with Crippen molar-refractivity contribution in [3.8, 4) is 0 Å². The van der Waals surface area contributed by atoms with Gasteiger partial charge in [0.15, 0.2) is 0 Å². The number of benzene rings is 2. The summed E-state index contributed by atoms with van der Waals surface area (Å²) in [4.78, 5) is 9.64. The van der Waals surface area contributed by atoms with Crippen LogP contribution in [0.25, 0.3) is 23.3 Å². The molecule has 0 bridgehead atoms. The van der Waals surface area contributed by atoms with Crippen molar-refractivity contribution < 1.29 is 15.6 Å². The number of hydrogen-bond acceptors (Lipinski definition) is 2. The molecule has 38 heavy (non-hydrogen) atoms. The van der Waals surface area contributed by atoms with Gasteiger partial charge in [-0.3, -0.25) is 0 Å². The van der Waals surface area contributed by atoms with Gasteiger partial charge in [0.05, 0.1) is 0 Å². The summed E-state index contributed by atoms with van der Waals surface area (Å²) in [6.07, 6.45) is 8.23. The average molecular weight is 764 g/mol. The fraction of sp³-hybridized carbons (Fsp3) is 0.133. The Balaban J connectivity index is 1.65. The van der Waals surface area contributed by atoms with E-state index in [0.717, 1.165) is 31.5 Å². The van der Waals surface area contributed by atoms with E-state index in [1.54, 1.807) is 0 Å². The van der Waals surface area contributed by atoms with Crippen LogP contribution in [-0.4, -0.2) is 15.9 Å². The van der Waals surface area contributed by atoms with Crippen LogP contribution >= 0.6 is 48.9 Å². The Hall–Kier alpha value is -1.14. The minimum atomic E-state index is -4.94. The maximum atomic E-state index is 8.44. The number of rotatable bonds is 5. The van der Waals surface area contributed by atoms with Gasteiger partial charge >= 0.3 is 252 Å². The van der Waals surface area contributed by atoms with Crippen LogP contribution < -0.4 is 0 Å². The third-order valence-electron chi connectivity index (χ3n) is 8.10. The van der Waals surface area contributed by atoms with Gasteiger partial charge in [-0.05, 0) is 0 Å². The summed E-state index contributed by atoms with van der Waals surface area (Å²) in [7, 11) is 16.9. The van der Waals surface area contributed by atoms with Gasteiger partial charge in [-0.1, -0.05) is 0 Å². The fourth-order valence-corrected chi connectivity index (χ4v) is 37.0. The molecule has 2 aliphatic carbocycles. The van der Waals surface area contributed by atoms with Crippen LogP contribution in [0.2, 0.25) is 13.1 Å². The van der Waals surface area contributed by atoms with Crippen LogP contribution in [0.1, 0.15) is 40.9 Å². The Kier molecular flexibility index (Phi) is 7.15. The number of nitrogens with zero attached hydrogens (tertiary/aromatic N) is 2. The van der Waals surface area contributed by atoms with Crippen LogP contribution in [0.15, 0.2) is 94.1 Å². The molecule has 2 aromatic heterocycles. The molecule has 2 aromatic carbocycles. The predicted molar refractivity (Wildman–Crippen MR) is 169 cm³/mol. The Morgan fingerprint density at radius 1 is 0.684 bits per heavy atom. The van der Waals surface area contributed by atoms with Gasteiger partial charge in [-0.25, -0.2) is 0 Å². The first-order chi connectivity index (χ1) is 18.2. The number of fused-ring (bicyclic) bond motifs is 2. The molecule has 0 radical (unpaired) electrons. The molecule has 8 heteroatoms. The van der Waals surface area contributed by atoms with Crippen LogP contribution in [0.3, 0.4) is 0 Å². The molecule has 2 atom stereocenters. The Labute approximate surface area is 249 Å². The number of aromatic nitrogens is 2. The Morgan fingerprint density at radius 2 is 1.11 bits per heavy atom. The maximum absolute atomic E-state index is 8.44. The fourth-order valence-electron chi connectivity index (χ4n) is 6.24. The molecular formula is C30H25Br2Cl2N2SiZr. The molecule has 2 heterocycles. The molecule has 0 spiro atoms. The zero-order chi connectivity index (χ0) is 26.7. The van der Waals surface area contributed by atoms with Crippen molar-refractivity contribution in [2.45, 2.75) is 20.3 Å². The molecule has 0 aliphatic heterocycles. The first-order valence-electron chi connectivity index (χ1n) is 12.6. The summed E-state index contributed by atoms with van der Waals surface area (Å²) < 4.78 is 1.81. The molecule has 191 valence electrons. The monoisotopic (exact) mass is 759 g/mol. The number of hydrogen-bond donors (Lipinski definition) is 0. The number of pyridine rings is 2. The second-order valence-corrected chi connectivity index (χ2v) is 54.8. The molecule has 0 fully saturated rings. The summed E-state index contributed by atoms with van der Waals surface area (Å²) >= 11 is 2.38. The first kappa shape index (κ1) is 27.1. The Bertz CT molecular complexity index is 1540. The van der Waals surface area contributed by atoms with E-state index in [-0.39, 0.29) is 7.25 Å². The number of allylic oxidation sites excluding steroid dienone is 2. The van der Waals surface area contributed by atoms with Crippen LogP contribution in [0, 0.1) is 0 Å². The van der Waals surface area contributed by atoms with Crippen LogP contribution in [0.5, 0.6) is 0 Å². The standard InChI is InChI=1S/2C14H9BrN.C2H7Si.2ClH.Zr/c2*15-13-5-6-16-14(9-13)12-7-10-3-1-2-4-11(10)8-12;1-3-2;;;/h2*1-9H;3H,1-2H3;2*1H;/q;;;;;+2/p-2. The van der Waals surface area contributed by atoms with Crippen LogP contribution in [-0.2, 0) is 15.6 Å². The molecule has 2 unspecified atom stereocenters. The van der Waals surface area contributed by atoms with Gasteiger partial charge in [0.25, 0.3) is 0 Å². The van der Waals surface area contributed by atoms with E-state index < -0.39 is 21.5 Å². The summed E-state index contributed by atoms with van der Waals surface area (Å²) in [6, 6.07) is 25.3. The zero-order valence-corrected chi connectivity index (χ0v) is 29.2. The molecule has 0 saturated heterocycles. The van der Waals surface area contributed by atoms with Crippen molar-refractivity contribution >= 4 is 78.1 Å². The molecule has 0 amide bonds. The van der Waals surface area contributed by atoms with E-state index in [0.29, 0.717) is 0 Å². The molecule has 2 nitrogen and oxygen atoms in total. The van der Waals surface area contributed by atoms with Gasteiger partial charge in [0, 0.05) is 0 Å². The number of halogens is 4.